The van der Waals surface area contributed by atoms with Crippen LogP contribution >= 0.6 is 0 Å². The summed E-state index contributed by atoms with van der Waals surface area (Å²) in [5.41, 5.74) is 12.0. The van der Waals surface area contributed by atoms with Gasteiger partial charge in [0, 0.05) is 12.6 Å². The topological polar surface area (TPSA) is 95.1 Å². The number of anilines is 1. The van der Waals surface area contributed by atoms with E-state index in [0.29, 0.717) is 29.1 Å². The van der Waals surface area contributed by atoms with Crippen LogP contribution in [0.2, 0.25) is 0 Å². The molecule has 0 bridgehead atoms. The highest BCUT2D eigenvalue weighted by molar-refractivity contribution is 6.10. The third-order valence-corrected chi connectivity index (χ3v) is 6.69. The lowest BCUT2D eigenvalue weighted by Gasteiger charge is -2.14. The van der Waals surface area contributed by atoms with Gasteiger partial charge >= 0.3 is 0 Å². The van der Waals surface area contributed by atoms with Crippen LogP contribution in [0.15, 0.2) is 78.9 Å². The SMILES string of the molecule is COc1ccc(CCn2c(N)c(C(=O)N[C@H](C)CCc3ccccc3)c3nc4ccccc4nc32)cc1. The van der Waals surface area contributed by atoms with Gasteiger partial charge in [-0.15, -0.1) is 0 Å². The van der Waals surface area contributed by atoms with E-state index in [4.69, 9.17) is 20.4 Å². The fourth-order valence-electron chi connectivity index (χ4n) is 4.60. The normalized spacial score (nSPS) is 12.1. The second-order valence-electron chi connectivity index (χ2n) is 9.29. The number of rotatable bonds is 9. The molecule has 0 aliphatic heterocycles. The predicted molar refractivity (Wildman–Crippen MR) is 148 cm³/mol. The van der Waals surface area contributed by atoms with Gasteiger partial charge in [0.05, 0.1) is 18.1 Å². The number of ether oxygens (including phenoxy) is 1. The molecule has 0 saturated heterocycles. The van der Waals surface area contributed by atoms with Gasteiger partial charge in [-0.25, -0.2) is 9.97 Å². The van der Waals surface area contributed by atoms with E-state index < -0.39 is 0 Å². The maximum absolute atomic E-state index is 13.5. The van der Waals surface area contributed by atoms with Crippen LogP contribution in [0.25, 0.3) is 22.2 Å². The van der Waals surface area contributed by atoms with E-state index >= 15 is 0 Å². The Bertz CT molecular complexity index is 1530. The van der Waals surface area contributed by atoms with Gasteiger partial charge in [0.15, 0.2) is 5.65 Å². The summed E-state index contributed by atoms with van der Waals surface area (Å²) >= 11 is 0. The van der Waals surface area contributed by atoms with E-state index in [0.717, 1.165) is 41.6 Å². The Kier molecular flexibility index (Phi) is 7.03. The number of carbonyl (C=O) groups is 1. The lowest BCUT2D eigenvalue weighted by Crippen LogP contribution is -2.33. The molecule has 0 aliphatic rings. The molecule has 188 valence electrons. The van der Waals surface area contributed by atoms with E-state index in [1.54, 1.807) is 7.11 Å². The molecule has 0 saturated carbocycles. The molecule has 37 heavy (non-hydrogen) atoms. The number of nitrogens with two attached hydrogens (primary N) is 1. The number of aryl methyl sites for hydroxylation is 3. The van der Waals surface area contributed by atoms with Gasteiger partial charge in [-0.2, -0.15) is 0 Å². The van der Waals surface area contributed by atoms with Crippen molar-refractivity contribution in [3.63, 3.8) is 0 Å². The van der Waals surface area contributed by atoms with Gasteiger partial charge in [-0.05, 0) is 61.6 Å². The standard InChI is InChI=1S/C30H31N5O2/c1-20(12-13-21-8-4-3-5-9-21)32-30(36)26-27-29(34-25-11-7-6-10-24(25)33-27)35(28(26)31)19-18-22-14-16-23(37-2)17-15-22/h3-11,14-17,20H,12-13,18-19,31H2,1-2H3,(H,32,36)/t20-/m1/s1. The molecule has 5 aromatic rings. The summed E-state index contributed by atoms with van der Waals surface area (Å²) in [5, 5.41) is 3.13. The summed E-state index contributed by atoms with van der Waals surface area (Å²) < 4.78 is 7.17. The average Bonchev–Trinajstić information content (AvgIpc) is 3.20. The first kappa shape index (κ1) is 24.3. The third kappa shape index (κ3) is 5.26. The number of benzene rings is 3. The van der Waals surface area contributed by atoms with Crippen molar-refractivity contribution in [1.29, 1.82) is 0 Å². The largest absolute Gasteiger partial charge is 0.497 e. The van der Waals surface area contributed by atoms with Crippen LogP contribution in [0.4, 0.5) is 5.82 Å². The highest BCUT2D eigenvalue weighted by atomic mass is 16.5. The Labute approximate surface area is 216 Å². The number of nitrogens with one attached hydrogen (secondary N) is 1. The van der Waals surface area contributed by atoms with Crippen molar-refractivity contribution in [2.24, 2.45) is 0 Å². The zero-order chi connectivity index (χ0) is 25.8. The van der Waals surface area contributed by atoms with Gasteiger partial charge in [-0.1, -0.05) is 54.6 Å². The van der Waals surface area contributed by atoms with Gasteiger partial charge in [0.25, 0.3) is 5.91 Å². The van der Waals surface area contributed by atoms with Crippen molar-refractivity contribution in [2.45, 2.75) is 38.8 Å². The summed E-state index contributed by atoms with van der Waals surface area (Å²) in [6.07, 6.45) is 2.42. The van der Waals surface area contributed by atoms with E-state index in [-0.39, 0.29) is 11.9 Å². The second kappa shape index (κ2) is 10.7. The molecule has 3 aromatic carbocycles. The van der Waals surface area contributed by atoms with E-state index in [9.17, 15) is 4.79 Å². The van der Waals surface area contributed by atoms with Gasteiger partial charge in [-0.3, -0.25) is 4.79 Å². The van der Waals surface area contributed by atoms with E-state index in [1.165, 1.54) is 5.56 Å². The lowest BCUT2D eigenvalue weighted by molar-refractivity contribution is 0.0940. The number of nitrogen functional groups attached to an aromatic ring is 1. The number of para-hydroxylation sites is 2. The lowest BCUT2D eigenvalue weighted by atomic mass is 10.1. The first-order valence-electron chi connectivity index (χ1n) is 12.6. The van der Waals surface area contributed by atoms with Crippen molar-refractivity contribution in [1.82, 2.24) is 19.9 Å². The Morgan fingerprint density at radius 2 is 1.57 bits per heavy atom. The minimum absolute atomic E-state index is 0.0294. The summed E-state index contributed by atoms with van der Waals surface area (Å²) in [6, 6.07) is 25.8. The number of aromatic nitrogens is 3. The first-order chi connectivity index (χ1) is 18.0. The molecule has 1 amide bonds. The second-order valence-corrected chi connectivity index (χ2v) is 9.29. The third-order valence-electron chi connectivity index (χ3n) is 6.69. The van der Waals surface area contributed by atoms with E-state index in [2.05, 4.69) is 17.4 Å². The van der Waals surface area contributed by atoms with Gasteiger partial charge < -0.3 is 20.4 Å². The molecule has 3 N–H and O–H groups in total. The summed E-state index contributed by atoms with van der Waals surface area (Å²) in [7, 11) is 1.65. The molecular formula is C30H31N5O2. The van der Waals surface area contributed by atoms with Crippen LogP contribution in [0.1, 0.15) is 34.8 Å². The number of hydrogen-bond donors (Lipinski definition) is 2. The maximum atomic E-state index is 13.5. The smallest absolute Gasteiger partial charge is 0.257 e. The molecule has 0 spiro atoms. The summed E-state index contributed by atoms with van der Waals surface area (Å²) in [4.78, 5) is 23.2. The van der Waals surface area contributed by atoms with Crippen molar-refractivity contribution in [2.75, 3.05) is 12.8 Å². The Morgan fingerprint density at radius 3 is 2.27 bits per heavy atom. The molecule has 2 aromatic heterocycles. The van der Waals surface area contributed by atoms with Crippen molar-refractivity contribution in [3.8, 4) is 5.75 Å². The van der Waals surface area contributed by atoms with E-state index in [1.807, 2.05) is 78.2 Å². The fourth-order valence-corrected chi connectivity index (χ4v) is 4.60. The van der Waals surface area contributed by atoms with Crippen LogP contribution in [-0.4, -0.2) is 33.6 Å². The van der Waals surface area contributed by atoms with Crippen LogP contribution in [0.5, 0.6) is 5.75 Å². The first-order valence-corrected chi connectivity index (χ1v) is 12.6. The quantitative estimate of drug-likeness (QED) is 0.295. The van der Waals surface area contributed by atoms with Crippen LogP contribution < -0.4 is 15.8 Å². The van der Waals surface area contributed by atoms with Crippen molar-refractivity contribution >= 4 is 33.9 Å². The molecule has 7 nitrogen and oxygen atoms in total. The van der Waals surface area contributed by atoms with Crippen molar-refractivity contribution < 1.29 is 9.53 Å². The number of nitrogens with zero attached hydrogens (tertiary/aromatic N) is 3. The zero-order valence-corrected chi connectivity index (χ0v) is 21.1. The van der Waals surface area contributed by atoms with Gasteiger partial charge in [0.1, 0.15) is 22.6 Å². The average molecular weight is 494 g/mol. The molecule has 0 aliphatic carbocycles. The minimum atomic E-state index is -0.226. The number of hydrogen-bond acceptors (Lipinski definition) is 5. The molecule has 1 atom stereocenters. The fraction of sp³-hybridized carbons (Fsp3) is 0.233. The van der Waals surface area contributed by atoms with Crippen LogP contribution in [0, 0.1) is 0 Å². The molecule has 0 unspecified atom stereocenters. The highest BCUT2D eigenvalue weighted by Crippen LogP contribution is 2.28. The van der Waals surface area contributed by atoms with Gasteiger partial charge in [0.2, 0.25) is 0 Å². The summed E-state index contributed by atoms with van der Waals surface area (Å²) in [6.45, 7) is 2.58. The number of methoxy groups -OCH3 is 1. The summed E-state index contributed by atoms with van der Waals surface area (Å²) in [5.74, 6) is 0.967. The Balaban J connectivity index is 1.44. The monoisotopic (exact) mass is 493 g/mol. The zero-order valence-electron chi connectivity index (χ0n) is 21.1. The molecule has 5 rings (SSSR count). The molecule has 0 radical (unpaired) electrons. The number of fused-ring (bicyclic) bond motifs is 2. The molecular weight excluding hydrogens is 462 g/mol. The Hall–Kier alpha value is -4.39. The molecule has 7 heteroatoms. The van der Waals surface area contributed by atoms with Crippen LogP contribution in [0.3, 0.4) is 0 Å². The number of amides is 1. The highest BCUT2D eigenvalue weighted by Gasteiger charge is 2.24. The van der Waals surface area contributed by atoms with Crippen molar-refractivity contribution in [3.05, 3.63) is 95.6 Å². The Morgan fingerprint density at radius 1 is 0.919 bits per heavy atom. The van der Waals surface area contributed by atoms with Crippen LogP contribution in [-0.2, 0) is 19.4 Å². The maximum Gasteiger partial charge on any atom is 0.257 e. The number of carbonyl (C=O) groups excluding carboxylic acids is 1. The predicted octanol–water partition coefficient (Wildman–Crippen LogP) is 5.17. The molecule has 0 fully saturated rings. The molecule has 2 heterocycles. The minimum Gasteiger partial charge on any atom is -0.497 e.